The molecule has 0 fully saturated rings. The largest absolute Gasteiger partial charge is 0.369 e. The minimum absolute atomic E-state index is 0.0734. The smallest absolute Gasteiger partial charge is 0.283 e. The Bertz CT molecular complexity index is 360. The molecule has 0 saturated heterocycles. The number of hydrogen-bond donors (Lipinski definition) is 2. The highest BCUT2D eigenvalue weighted by Gasteiger charge is 2.07. The van der Waals surface area contributed by atoms with Crippen LogP contribution in [0.5, 0.6) is 0 Å². The number of halogens is 2. The fourth-order valence-electron chi connectivity index (χ4n) is 1.01. The van der Waals surface area contributed by atoms with Crippen LogP contribution in [0, 0.1) is 0 Å². The lowest BCUT2D eigenvalue weighted by atomic mass is 10.3. The van der Waals surface area contributed by atoms with Crippen LogP contribution in [0.15, 0.2) is 18.2 Å². The van der Waals surface area contributed by atoms with Crippen molar-refractivity contribution in [2.75, 3.05) is 6.61 Å². The third-order valence-corrected chi connectivity index (χ3v) is 1.66. The summed E-state index contributed by atoms with van der Waals surface area (Å²) < 4.78 is 28.2. The van der Waals surface area contributed by atoms with E-state index in [9.17, 15) is 13.6 Å². The van der Waals surface area contributed by atoms with Gasteiger partial charge in [0.2, 0.25) is 0 Å². The number of nitrogens with two attached hydrogens (primary N) is 1. The second kappa shape index (κ2) is 6.09. The summed E-state index contributed by atoms with van der Waals surface area (Å²) in [4.78, 5) is 15.0. The molecule has 7 heteroatoms. The Labute approximate surface area is 90.6 Å². The Morgan fingerprint density at radius 1 is 1.56 bits per heavy atom. The first-order valence-electron chi connectivity index (χ1n) is 4.46. The van der Waals surface area contributed by atoms with Gasteiger partial charge in [0.25, 0.3) is 12.3 Å². The quantitative estimate of drug-likeness (QED) is 0.438. The zero-order valence-electron chi connectivity index (χ0n) is 8.32. The lowest BCUT2D eigenvalue weighted by Gasteiger charge is -2.04. The second-order valence-electron chi connectivity index (χ2n) is 2.89. The molecule has 88 valence electrons. The van der Waals surface area contributed by atoms with Gasteiger partial charge in [-0.3, -0.25) is 10.2 Å². The molecule has 0 spiro atoms. The van der Waals surface area contributed by atoms with E-state index in [0.29, 0.717) is 5.69 Å². The molecule has 0 aliphatic heterocycles. The van der Waals surface area contributed by atoms with Gasteiger partial charge in [-0.2, -0.15) is 0 Å². The topological polar surface area (TPSA) is 77.2 Å². The molecule has 1 amide bonds. The maximum atomic E-state index is 11.8. The molecule has 0 aromatic carbocycles. The molecule has 3 N–H and O–H groups in total. The van der Waals surface area contributed by atoms with Gasteiger partial charge >= 0.3 is 0 Å². The number of hydrogen-bond acceptors (Lipinski definition) is 4. The van der Waals surface area contributed by atoms with Crippen LogP contribution in [-0.2, 0) is 11.3 Å². The number of carbonyl (C=O) groups is 1. The van der Waals surface area contributed by atoms with E-state index in [0.717, 1.165) is 0 Å². The fourth-order valence-corrected chi connectivity index (χ4v) is 1.01. The molecule has 1 aromatic rings. The summed E-state index contributed by atoms with van der Waals surface area (Å²) in [6.07, 6.45) is -2.52. The summed E-state index contributed by atoms with van der Waals surface area (Å²) in [7, 11) is 0. The number of rotatable bonds is 5. The van der Waals surface area contributed by atoms with Gasteiger partial charge in [0, 0.05) is 0 Å². The predicted octanol–water partition coefficient (Wildman–Crippen LogP) is 0.467. The van der Waals surface area contributed by atoms with Crippen molar-refractivity contribution >= 4 is 5.91 Å². The summed E-state index contributed by atoms with van der Waals surface area (Å²) in [6, 6.07) is 4.59. The van der Waals surface area contributed by atoms with Gasteiger partial charge in [0.05, 0.1) is 12.3 Å². The van der Waals surface area contributed by atoms with Crippen LogP contribution in [0.25, 0.3) is 0 Å². The molecule has 0 unspecified atom stereocenters. The lowest BCUT2D eigenvalue weighted by Crippen LogP contribution is -2.30. The molecule has 1 aromatic heterocycles. The van der Waals surface area contributed by atoms with Gasteiger partial charge in [-0.1, -0.05) is 6.07 Å². The number of ether oxygens (including phenoxy) is 1. The Morgan fingerprint density at radius 3 is 2.94 bits per heavy atom. The van der Waals surface area contributed by atoms with E-state index in [4.69, 9.17) is 5.84 Å². The number of pyridine rings is 1. The monoisotopic (exact) mass is 231 g/mol. The highest BCUT2D eigenvalue weighted by Crippen LogP contribution is 2.02. The second-order valence-corrected chi connectivity index (χ2v) is 2.89. The molecular weight excluding hydrogens is 220 g/mol. The number of alkyl halides is 2. The van der Waals surface area contributed by atoms with Crippen LogP contribution in [0.2, 0.25) is 0 Å². The number of aromatic nitrogens is 1. The summed E-state index contributed by atoms with van der Waals surface area (Å²) in [5.74, 6) is 4.38. The number of nitrogens with zero attached hydrogens (tertiary/aromatic N) is 1. The van der Waals surface area contributed by atoms with Crippen LogP contribution < -0.4 is 11.3 Å². The average Bonchev–Trinajstić information content (AvgIpc) is 2.28. The third kappa shape index (κ3) is 3.87. The third-order valence-electron chi connectivity index (χ3n) is 1.66. The Kier molecular flexibility index (Phi) is 4.74. The molecule has 1 heterocycles. The van der Waals surface area contributed by atoms with Crippen molar-refractivity contribution in [1.82, 2.24) is 10.4 Å². The van der Waals surface area contributed by atoms with Crippen LogP contribution in [0.1, 0.15) is 16.2 Å². The minimum atomic E-state index is -2.52. The number of carbonyl (C=O) groups excluding carboxylic acids is 1. The first kappa shape index (κ1) is 12.5. The van der Waals surface area contributed by atoms with Gasteiger partial charge in [0.1, 0.15) is 12.3 Å². The van der Waals surface area contributed by atoms with Gasteiger partial charge in [0.15, 0.2) is 0 Å². The first-order chi connectivity index (χ1) is 7.63. The number of nitrogens with one attached hydrogen (secondary N) is 1. The summed E-state index contributed by atoms with van der Waals surface area (Å²) in [6.45, 7) is -0.731. The van der Waals surface area contributed by atoms with Crippen molar-refractivity contribution in [3.8, 4) is 0 Å². The maximum Gasteiger partial charge on any atom is 0.283 e. The van der Waals surface area contributed by atoms with Gasteiger partial charge < -0.3 is 4.74 Å². The molecule has 0 aliphatic carbocycles. The van der Waals surface area contributed by atoms with Crippen molar-refractivity contribution in [1.29, 1.82) is 0 Å². The van der Waals surface area contributed by atoms with E-state index < -0.39 is 18.9 Å². The normalized spacial score (nSPS) is 10.5. The van der Waals surface area contributed by atoms with E-state index in [-0.39, 0.29) is 12.3 Å². The summed E-state index contributed by atoms with van der Waals surface area (Å²) in [5, 5.41) is 0. The molecule has 0 radical (unpaired) electrons. The van der Waals surface area contributed by atoms with Gasteiger partial charge in [-0.05, 0) is 12.1 Å². The number of hydrazine groups is 1. The maximum absolute atomic E-state index is 11.8. The van der Waals surface area contributed by atoms with Crippen molar-refractivity contribution in [3.63, 3.8) is 0 Å². The molecule has 0 bridgehead atoms. The zero-order valence-corrected chi connectivity index (χ0v) is 8.32. The lowest BCUT2D eigenvalue weighted by molar-refractivity contribution is 0.00878. The fraction of sp³-hybridized carbons (Fsp3) is 0.333. The Hall–Kier alpha value is -1.60. The SMILES string of the molecule is NNC(=O)c1cccc(COCC(F)F)n1. The minimum Gasteiger partial charge on any atom is -0.369 e. The van der Waals surface area contributed by atoms with Crippen molar-refractivity contribution in [2.45, 2.75) is 13.0 Å². The number of amides is 1. The number of nitrogen functional groups attached to an aromatic ring is 1. The molecule has 5 nitrogen and oxygen atoms in total. The van der Waals surface area contributed by atoms with Crippen LogP contribution in [0.4, 0.5) is 8.78 Å². The Morgan fingerprint density at radius 2 is 2.31 bits per heavy atom. The highest BCUT2D eigenvalue weighted by atomic mass is 19.3. The van der Waals surface area contributed by atoms with E-state index in [1.807, 2.05) is 5.43 Å². The summed E-state index contributed by atoms with van der Waals surface area (Å²) in [5.41, 5.74) is 2.42. The molecule has 1 rings (SSSR count). The molecule has 0 aliphatic rings. The van der Waals surface area contributed by atoms with Gasteiger partial charge in [-0.15, -0.1) is 0 Å². The van der Waals surface area contributed by atoms with Crippen LogP contribution in [-0.4, -0.2) is 23.9 Å². The molecule has 0 atom stereocenters. The van der Waals surface area contributed by atoms with E-state index in [2.05, 4.69) is 9.72 Å². The molecular formula is C9H11F2N3O2. The van der Waals surface area contributed by atoms with Crippen molar-refractivity contribution in [3.05, 3.63) is 29.6 Å². The molecule has 16 heavy (non-hydrogen) atoms. The van der Waals surface area contributed by atoms with E-state index >= 15 is 0 Å². The van der Waals surface area contributed by atoms with Crippen molar-refractivity contribution < 1.29 is 18.3 Å². The van der Waals surface area contributed by atoms with Crippen LogP contribution in [0.3, 0.4) is 0 Å². The van der Waals surface area contributed by atoms with Crippen molar-refractivity contribution in [2.24, 2.45) is 5.84 Å². The molecule has 0 saturated carbocycles. The average molecular weight is 231 g/mol. The Balaban J connectivity index is 2.57. The highest BCUT2D eigenvalue weighted by molar-refractivity contribution is 5.91. The summed E-state index contributed by atoms with van der Waals surface area (Å²) >= 11 is 0. The van der Waals surface area contributed by atoms with E-state index in [1.54, 1.807) is 12.1 Å². The predicted molar refractivity (Wildman–Crippen MR) is 51.6 cm³/mol. The first-order valence-corrected chi connectivity index (χ1v) is 4.46. The van der Waals surface area contributed by atoms with Crippen LogP contribution >= 0.6 is 0 Å². The van der Waals surface area contributed by atoms with E-state index in [1.165, 1.54) is 6.07 Å². The standard InChI is InChI=1S/C9H11F2N3O2/c10-8(11)5-16-4-6-2-1-3-7(13-6)9(15)14-12/h1-3,8H,4-5,12H2,(H,14,15). The van der Waals surface area contributed by atoms with Gasteiger partial charge in [-0.25, -0.2) is 19.6 Å². The zero-order chi connectivity index (χ0) is 12.0.